The van der Waals surface area contributed by atoms with Crippen molar-refractivity contribution in [3.05, 3.63) is 59.7 Å². The van der Waals surface area contributed by atoms with Crippen LogP contribution in [0.25, 0.3) is 6.08 Å². The number of ketones is 1. The van der Waals surface area contributed by atoms with Crippen LogP contribution in [0.4, 0.5) is 5.69 Å². The number of nitrogens with zero attached hydrogens (tertiary/aromatic N) is 1. The number of hydrogen-bond donors (Lipinski definition) is 1. The fourth-order valence-electron chi connectivity index (χ4n) is 2.45. The third-order valence-electron chi connectivity index (χ3n) is 3.82. The lowest BCUT2D eigenvalue weighted by atomic mass is 10.1. The maximum Gasteiger partial charge on any atom is 0.331 e. The van der Waals surface area contributed by atoms with Crippen molar-refractivity contribution in [1.29, 1.82) is 5.26 Å². The van der Waals surface area contributed by atoms with Crippen molar-refractivity contribution >= 4 is 29.4 Å². The van der Waals surface area contributed by atoms with E-state index in [9.17, 15) is 14.4 Å². The lowest BCUT2D eigenvalue weighted by Gasteiger charge is -2.09. The van der Waals surface area contributed by atoms with Crippen molar-refractivity contribution in [2.75, 3.05) is 25.6 Å². The molecule has 154 valence electrons. The zero-order valence-corrected chi connectivity index (χ0v) is 16.5. The Bertz CT molecular complexity index is 1010. The summed E-state index contributed by atoms with van der Waals surface area (Å²) in [6, 6.07) is 13.3. The highest BCUT2D eigenvalue weighted by Crippen LogP contribution is 2.28. The predicted molar refractivity (Wildman–Crippen MR) is 109 cm³/mol. The van der Waals surface area contributed by atoms with Crippen LogP contribution in [0.2, 0.25) is 0 Å². The van der Waals surface area contributed by atoms with E-state index in [1.54, 1.807) is 42.5 Å². The molecule has 1 amide bonds. The van der Waals surface area contributed by atoms with Crippen molar-refractivity contribution in [3.63, 3.8) is 0 Å². The lowest BCUT2D eigenvalue weighted by molar-refractivity contribution is -0.142. The summed E-state index contributed by atoms with van der Waals surface area (Å²) in [5, 5.41) is 11.1. The van der Waals surface area contributed by atoms with E-state index in [1.807, 2.05) is 6.07 Å². The van der Waals surface area contributed by atoms with Gasteiger partial charge >= 0.3 is 5.97 Å². The van der Waals surface area contributed by atoms with Gasteiger partial charge in [-0.3, -0.25) is 9.59 Å². The molecular formula is C22H20N2O6. The number of carbonyl (C=O) groups is 3. The molecule has 0 saturated carbocycles. The summed E-state index contributed by atoms with van der Waals surface area (Å²) in [7, 11) is 1.46. The minimum atomic E-state index is -0.714. The van der Waals surface area contributed by atoms with Crippen LogP contribution in [-0.2, 0) is 14.3 Å². The van der Waals surface area contributed by atoms with Gasteiger partial charge in [-0.05, 0) is 42.8 Å². The number of hydrogen-bond acceptors (Lipinski definition) is 7. The van der Waals surface area contributed by atoms with Crippen LogP contribution in [0.5, 0.6) is 11.5 Å². The number of esters is 1. The number of para-hydroxylation sites is 1. The number of methoxy groups -OCH3 is 1. The summed E-state index contributed by atoms with van der Waals surface area (Å²) in [6.45, 7) is 0.781. The summed E-state index contributed by atoms with van der Waals surface area (Å²) in [6.07, 6.45) is 2.66. The molecule has 0 atom stereocenters. The van der Waals surface area contributed by atoms with E-state index in [1.165, 1.54) is 26.2 Å². The maximum atomic E-state index is 12.0. The summed E-state index contributed by atoms with van der Waals surface area (Å²) in [5.41, 5.74) is 1.36. The zero-order valence-electron chi connectivity index (χ0n) is 16.5. The number of anilines is 1. The molecule has 0 bridgehead atoms. The third-order valence-corrected chi connectivity index (χ3v) is 3.82. The van der Waals surface area contributed by atoms with Crippen molar-refractivity contribution in [2.45, 2.75) is 6.92 Å². The number of nitriles is 1. The molecule has 0 heterocycles. The molecule has 0 unspecified atom stereocenters. The molecule has 0 aromatic heterocycles. The fraction of sp³-hybridized carbons (Fsp3) is 0.182. The third kappa shape index (κ3) is 6.49. The number of rotatable bonds is 9. The molecular weight excluding hydrogens is 388 g/mol. The van der Waals surface area contributed by atoms with E-state index in [2.05, 4.69) is 5.32 Å². The van der Waals surface area contributed by atoms with Crippen molar-refractivity contribution in [2.24, 2.45) is 0 Å². The first-order chi connectivity index (χ1) is 14.4. The minimum Gasteiger partial charge on any atom is -0.493 e. The standard InChI is InChI=1S/C22H20N2O6/c1-15(25)17-5-3-4-6-18(17)24-21(26)14-30-22(27)10-8-16-7-9-19(29-12-11-23)20(13-16)28-2/h3-10,13H,12,14H2,1-2H3,(H,24,26)/b10-8+. The highest BCUT2D eigenvalue weighted by molar-refractivity contribution is 6.04. The lowest BCUT2D eigenvalue weighted by Crippen LogP contribution is -2.21. The van der Waals surface area contributed by atoms with Crippen LogP contribution < -0.4 is 14.8 Å². The number of benzene rings is 2. The molecule has 0 aliphatic rings. The van der Waals surface area contributed by atoms with Gasteiger partial charge in [-0.25, -0.2) is 4.79 Å². The molecule has 2 rings (SSSR count). The van der Waals surface area contributed by atoms with Gasteiger partial charge in [0.05, 0.1) is 12.8 Å². The van der Waals surface area contributed by atoms with E-state index in [0.717, 1.165) is 0 Å². The molecule has 2 aromatic carbocycles. The largest absolute Gasteiger partial charge is 0.493 e. The van der Waals surface area contributed by atoms with Gasteiger partial charge in [-0.2, -0.15) is 5.26 Å². The van der Waals surface area contributed by atoms with Crippen molar-refractivity contribution < 1.29 is 28.6 Å². The first-order valence-electron chi connectivity index (χ1n) is 8.87. The Labute approximate surface area is 173 Å². The van der Waals surface area contributed by atoms with Gasteiger partial charge in [0.1, 0.15) is 6.07 Å². The van der Waals surface area contributed by atoms with Crippen molar-refractivity contribution in [1.82, 2.24) is 0 Å². The Morgan fingerprint density at radius 2 is 1.90 bits per heavy atom. The Balaban J connectivity index is 1.91. The average molecular weight is 408 g/mol. The number of nitrogens with one attached hydrogen (secondary N) is 1. The van der Waals surface area contributed by atoms with Gasteiger partial charge < -0.3 is 19.5 Å². The molecule has 0 spiro atoms. The molecule has 8 heteroatoms. The van der Waals surface area contributed by atoms with Crippen LogP contribution in [-0.4, -0.2) is 38.0 Å². The smallest absolute Gasteiger partial charge is 0.331 e. The predicted octanol–water partition coefficient (Wildman–Crippen LogP) is 3.00. The molecule has 0 saturated heterocycles. The normalized spacial score (nSPS) is 10.2. The summed E-state index contributed by atoms with van der Waals surface area (Å²) >= 11 is 0. The molecule has 0 aliphatic carbocycles. The van der Waals surface area contributed by atoms with E-state index in [0.29, 0.717) is 28.3 Å². The molecule has 0 fully saturated rings. The van der Waals surface area contributed by atoms with Gasteiger partial charge in [0.2, 0.25) is 0 Å². The van der Waals surface area contributed by atoms with Crippen LogP contribution in [0, 0.1) is 11.3 Å². The van der Waals surface area contributed by atoms with Gasteiger partial charge in [0.25, 0.3) is 5.91 Å². The summed E-state index contributed by atoms with van der Waals surface area (Å²) < 4.78 is 15.3. The van der Waals surface area contributed by atoms with Gasteiger partial charge in [0, 0.05) is 11.6 Å². The average Bonchev–Trinajstić information content (AvgIpc) is 2.75. The molecule has 1 N–H and O–H groups in total. The Kier molecular flexibility index (Phi) is 8.15. The number of amides is 1. The highest BCUT2D eigenvalue weighted by atomic mass is 16.5. The van der Waals surface area contributed by atoms with E-state index in [-0.39, 0.29) is 12.4 Å². The maximum absolute atomic E-state index is 12.0. The Morgan fingerprint density at radius 1 is 1.13 bits per heavy atom. The van der Waals surface area contributed by atoms with Crippen molar-refractivity contribution in [3.8, 4) is 17.6 Å². The number of ether oxygens (including phenoxy) is 3. The second kappa shape index (κ2) is 11.0. The molecule has 8 nitrogen and oxygen atoms in total. The van der Waals surface area contributed by atoms with E-state index in [4.69, 9.17) is 19.5 Å². The Morgan fingerprint density at radius 3 is 2.60 bits per heavy atom. The molecule has 2 aromatic rings. The zero-order chi connectivity index (χ0) is 21.9. The molecule has 0 aliphatic heterocycles. The first kappa shape index (κ1) is 22.2. The van der Waals surface area contributed by atoms with E-state index >= 15 is 0 Å². The van der Waals surface area contributed by atoms with Gasteiger partial charge in [-0.1, -0.05) is 18.2 Å². The van der Waals surface area contributed by atoms with Gasteiger partial charge in [0.15, 0.2) is 30.5 Å². The number of carbonyl (C=O) groups excluding carboxylic acids is 3. The quantitative estimate of drug-likeness (QED) is 0.385. The number of Topliss-reactive ketones (excluding diaryl/α,β-unsaturated/α-hetero) is 1. The van der Waals surface area contributed by atoms with Crippen LogP contribution in [0.15, 0.2) is 48.5 Å². The minimum absolute atomic E-state index is 0.114. The fourth-order valence-corrected chi connectivity index (χ4v) is 2.45. The van der Waals surface area contributed by atoms with Crippen LogP contribution in [0.3, 0.4) is 0 Å². The second-order valence-corrected chi connectivity index (χ2v) is 5.95. The van der Waals surface area contributed by atoms with Crippen LogP contribution in [0.1, 0.15) is 22.8 Å². The SMILES string of the molecule is COc1cc(/C=C/C(=O)OCC(=O)Nc2ccccc2C(C)=O)ccc1OCC#N. The van der Waals surface area contributed by atoms with Crippen LogP contribution >= 0.6 is 0 Å². The van der Waals surface area contributed by atoms with Gasteiger partial charge in [-0.15, -0.1) is 0 Å². The molecule has 30 heavy (non-hydrogen) atoms. The first-order valence-corrected chi connectivity index (χ1v) is 8.87. The summed E-state index contributed by atoms with van der Waals surface area (Å²) in [4.78, 5) is 35.4. The van der Waals surface area contributed by atoms with E-state index < -0.39 is 18.5 Å². The Hall–Kier alpha value is -4.12. The second-order valence-electron chi connectivity index (χ2n) is 5.95. The topological polar surface area (TPSA) is 115 Å². The monoisotopic (exact) mass is 408 g/mol. The molecule has 0 radical (unpaired) electrons. The summed E-state index contributed by atoms with van der Waals surface area (Å²) in [5.74, 6) is -0.657. The highest BCUT2D eigenvalue weighted by Gasteiger charge is 2.11.